The standard InChI is InChI=1S/C32H32N6O5S.ClH/c1-3-43-30(40)19-35-29(39)18-24-12-11-21-5-4-6-28(31(21)36-24)44(41,42)37-25-13-14-27-23(16-25)17-26(38(27)2)15-20-7-9-22(10-8-20)32(33)34;/h4-14,16-17,37H,3,15,18-19H2,1-2H3,(H3,33,34)(H,35,39);1H. The van der Waals surface area contributed by atoms with Crippen molar-refractivity contribution in [3.05, 3.63) is 101 Å². The number of para-hydroxylation sites is 1. The van der Waals surface area contributed by atoms with Crippen LogP contribution in [0.4, 0.5) is 5.69 Å². The molecule has 0 spiro atoms. The predicted octanol–water partition coefficient (Wildman–Crippen LogP) is 4.05. The third-order valence-electron chi connectivity index (χ3n) is 7.15. The fraction of sp³-hybridized carbons (Fsp3) is 0.188. The molecule has 0 aliphatic heterocycles. The summed E-state index contributed by atoms with van der Waals surface area (Å²) in [5.41, 5.74) is 10.2. The van der Waals surface area contributed by atoms with Crippen LogP contribution in [0.25, 0.3) is 21.8 Å². The first-order valence-corrected chi connectivity index (χ1v) is 15.4. The molecule has 0 saturated carbocycles. The summed E-state index contributed by atoms with van der Waals surface area (Å²) in [4.78, 5) is 28.4. The van der Waals surface area contributed by atoms with Crippen molar-refractivity contribution < 1.29 is 22.7 Å². The molecule has 0 aliphatic carbocycles. The van der Waals surface area contributed by atoms with Gasteiger partial charge in [0.1, 0.15) is 17.3 Å². The number of sulfonamides is 1. The van der Waals surface area contributed by atoms with Crippen LogP contribution in [-0.2, 0) is 44.2 Å². The Balaban J connectivity index is 0.00000461. The van der Waals surface area contributed by atoms with E-state index in [1.807, 2.05) is 43.4 Å². The number of fused-ring (bicyclic) bond motifs is 2. The summed E-state index contributed by atoms with van der Waals surface area (Å²) in [6, 6.07) is 23.1. The van der Waals surface area contributed by atoms with Crippen LogP contribution < -0.4 is 15.8 Å². The number of hydrogen-bond acceptors (Lipinski definition) is 7. The van der Waals surface area contributed by atoms with E-state index in [9.17, 15) is 18.0 Å². The molecule has 0 saturated heterocycles. The van der Waals surface area contributed by atoms with E-state index < -0.39 is 21.9 Å². The number of amidine groups is 1. The van der Waals surface area contributed by atoms with Crippen LogP contribution in [0.3, 0.4) is 0 Å². The molecule has 2 aromatic heterocycles. The molecule has 3 aromatic carbocycles. The van der Waals surface area contributed by atoms with Crippen molar-refractivity contribution >= 4 is 67.6 Å². The lowest BCUT2D eigenvalue weighted by Gasteiger charge is -2.12. The average Bonchev–Trinajstić information content (AvgIpc) is 3.29. The number of nitrogens with zero attached hydrogens (tertiary/aromatic N) is 2. The minimum absolute atomic E-state index is 0. The third kappa shape index (κ3) is 7.59. The number of amides is 1. The average molecular weight is 649 g/mol. The van der Waals surface area contributed by atoms with Gasteiger partial charge in [0.05, 0.1) is 24.2 Å². The Labute approximate surface area is 266 Å². The second-order valence-corrected chi connectivity index (χ2v) is 11.9. The summed E-state index contributed by atoms with van der Waals surface area (Å²) >= 11 is 0. The number of nitrogens with one attached hydrogen (secondary N) is 3. The molecular formula is C32H33ClN6O5S. The summed E-state index contributed by atoms with van der Waals surface area (Å²) in [7, 11) is -2.09. The number of rotatable bonds is 11. The van der Waals surface area contributed by atoms with Crippen LogP contribution in [0, 0.1) is 5.41 Å². The van der Waals surface area contributed by atoms with Gasteiger partial charge in [-0.2, -0.15) is 0 Å². The van der Waals surface area contributed by atoms with E-state index in [4.69, 9.17) is 15.9 Å². The summed E-state index contributed by atoms with van der Waals surface area (Å²) in [5.74, 6) is -0.963. The van der Waals surface area contributed by atoms with Crippen molar-refractivity contribution in [2.75, 3.05) is 17.9 Å². The second-order valence-electron chi connectivity index (χ2n) is 10.3. The highest BCUT2D eigenvalue weighted by Gasteiger charge is 2.20. The molecule has 1 amide bonds. The Morgan fingerprint density at radius 2 is 1.76 bits per heavy atom. The first-order valence-electron chi connectivity index (χ1n) is 13.9. The van der Waals surface area contributed by atoms with Crippen molar-refractivity contribution in [1.82, 2.24) is 14.9 Å². The van der Waals surface area contributed by atoms with E-state index in [1.165, 1.54) is 6.07 Å². The highest BCUT2D eigenvalue weighted by molar-refractivity contribution is 7.93. The zero-order valence-corrected chi connectivity index (χ0v) is 26.3. The maximum absolute atomic E-state index is 13.6. The number of aromatic nitrogens is 2. The molecule has 0 bridgehead atoms. The maximum Gasteiger partial charge on any atom is 0.325 e. The number of nitrogen functional groups attached to an aromatic ring is 1. The van der Waals surface area contributed by atoms with Crippen molar-refractivity contribution in [3.8, 4) is 0 Å². The number of carbonyl (C=O) groups excluding carboxylic acids is 2. The van der Waals surface area contributed by atoms with Gasteiger partial charge in [0.25, 0.3) is 10.0 Å². The van der Waals surface area contributed by atoms with E-state index in [0.717, 1.165) is 22.2 Å². The number of aryl methyl sites for hydroxylation is 1. The van der Waals surface area contributed by atoms with Crippen molar-refractivity contribution in [2.45, 2.75) is 24.7 Å². The molecule has 13 heteroatoms. The normalized spacial score (nSPS) is 11.2. The van der Waals surface area contributed by atoms with Crippen molar-refractivity contribution in [1.29, 1.82) is 5.41 Å². The number of esters is 1. The van der Waals surface area contributed by atoms with Gasteiger partial charge in [-0.25, -0.2) is 8.42 Å². The van der Waals surface area contributed by atoms with E-state index in [-0.39, 0.29) is 48.2 Å². The van der Waals surface area contributed by atoms with E-state index in [2.05, 4.69) is 19.6 Å². The topological polar surface area (TPSA) is 169 Å². The lowest BCUT2D eigenvalue weighted by Crippen LogP contribution is -2.31. The fourth-order valence-corrected chi connectivity index (χ4v) is 6.17. The Bertz CT molecular complexity index is 2010. The molecule has 0 unspecified atom stereocenters. The number of hydrogen-bond donors (Lipinski definition) is 4. The SMILES string of the molecule is CCOC(=O)CNC(=O)Cc1ccc2cccc(S(=O)(=O)Nc3ccc4c(c3)cc(Cc3ccc(C(=N)N)cc3)n4C)c2n1.Cl. The van der Waals surface area contributed by atoms with Crippen LogP contribution in [0.2, 0.25) is 0 Å². The predicted molar refractivity (Wildman–Crippen MR) is 176 cm³/mol. The van der Waals surface area contributed by atoms with Gasteiger partial charge in [0, 0.05) is 46.7 Å². The number of anilines is 1. The summed E-state index contributed by atoms with van der Waals surface area (Å²) in [6.45, 7) is 1.63. The zero-order chi connectivity index (χ0) is 31.4. The highest BCUT2D eigenvalue weighted by Crippen LogP contribution is 2.28. The second kappa shape index (κ2) is 13.8. The number of carbonyl (C=O) groups is 2. The Hall–Kier alpha value is -4.94. The van der Waals surface area contributed by atoms with Gasteiger partial charge >= 0.3 is 5.97 Å². The van der Waals surface area contributed by atoms with Gasteiger partial charge in [0.15, 0.2) is 0 Å². The zero-order valence-electron chi connectivity index (χ0n) is 24.7. The van der Waals surface area contributed by atoms with Gasteiger partial charge < -0.3 is 20.4 Å². The molecule has 0 aliphatic rings. The first-order chi connectivity index (χ1) is 21.0. The smallest absolute Gasteiger partial charge is 0.325 e. The highest BCUT2D eigenvalue weighted by atomic mass is 35.5. The van der Waals surface area contributed by atoms with Crippen LogP contribution in [0.15, 0.2) is 83.8 Å². The first kappa shape index (κ1) is 33.0. The largest absolute Gasteiger partial charge is 0.465 e. The Morgan fingerprint density at radius 3 is 2.47 bits per heavy atom. The summed E-state index contributed by atoms with van der Waals surface area (Å²) < 4.78 is 36.8. The van der Waals surface area contributed by atoms with Crippen molar-refractivity contribution in [3.63, 3.8) is 0 Å². The van der Waals surface area contributed by atoms with E-state index in [1.54, 1.807) is 43.3 Å². The van der Waals surface area contributed by atoms with Crippen molar-refractivity contribution in [2.24, 2.45) is 12.8 Å². The molecular weight excluding hydrogens is 616 g/mol. The lowest BCUT2D eigenvalue weighted by atomic mass is 10.1. The lowest BCUT2D eigenvalue weighted by molar-refractivity contribution is -0.143. The Morgan fingerprint density at radius 1 is 1.00 bits per heavy atom. The van der Waals surface area contributed by atoms with E-state index in [0.29, 0.717) is 28.8 Å². The molecule has 234 valence electrons. The van der Waals surface area contributed by atoms with E-state index >= 15 is 0 Å². The van der Waals surface area contributed by atoms with Gasteiger partial charge in [0.2, 0.25) is 5.91 Å². The summed E-state index contributed by atoms with van der Waals surface area (Å²) in [5, 5.41) is 11.5. The molecule has 5 aromatic rings. The third-order valence-corrected chi connectivity index (χ3v) is 8.56. The van der Waals surface area contributed by atoms with Gasteiger partial charge in [-0.05, 0) is 48.9 Å². The van der Waals surface area contributed by atoms with Gasteiger partial charge in [-0.15, -0.1) is 12.4 Å². The molecule has 11 nitrogen and oxygen atoms in total. The van der Waals surface area contributed by atoms with Gasteiger partial charge in [-0.1, -0.05) is 42.5 Å². The van der Waals surface area contributed by atoms with Crippen LogP contribution in [-0.4, -0.2) is 48.8 Å². The summed E-state index contributed by atoms with van der Waals surface area (Å²) in [6.07, 6.45) is 0.514. The molecule has 5 rings (SSSR count). The van der Waals surface area contributed by atoms with Crippen LogP contribution in [0.1, 0.15) is 29.4 Å². The Kier molecular flexibility index (Phi) is 10.1. The number of halogens is 1. The number of ether oxygens (including phenoxy) is 1. The number of nitrogens with two attached hydrogens (primary N) is 1. The minimum Gasteiger partial charge on any atom is -0.465 e. The molecule has 45 heavy (non-hydrogen) atoms. The fourth-order valence-electron chi connectivity index (χ4n) is 4.95. The monoisotopic (exact) mass is 648 g/mol. The van der Waals surface area contributed by atoms with Gasteiger partial charge in [-0.3, -0.25) is 24.7 Å². The number of benzene rings is 3. The molecule has 0 atom stereocenters. The van der Waals surface area contributed by atoms with Crippen LogP contribution >= 0.6 is 12.4 Å². The molecule has 0 radical (unpaired) electrons. The maximum atomic E-state index is 13.6. The molecule has 0 fully saturated rings. The van der Waals surface area contributed by atoms with Crippen LogP contribution in [0.5, 0.6) is 0 Å². The minimum atomic E-state index is -4.05. The molecule has 2 heterocycles. The molecule has 5 N–H and O–H groups in total. The number of pyridine rings is 1. The quantitative estimate of drug-likeness (QED) is 0.0951.